The highest BCUT2D eigenvalue weighted by Crippen LogP contribution is 2.16. The molecule has 0 heterocycles. The zero-order valence-corrected chi connectivity index (χ0v) is 11.6. The molecule has 0 aromatic heterocycles. The number of benzene rings is 1. The van der Waals surface area contributed by atoms with Crippen molar-refractivity contribution < 1.29 is 9.84 Å². The lowest BCUT2D eigenvalue weighted by Gasteiger charge is -2.29. The van der Waals surface area contributed by atoms with Crippen molar-refractivity contribution in [2.75, 3.05) is 13.2 Å². The molecule has 1 unspecified atom stereocenters. The molecule has 19 heavy (non-hydrogen) atoms. The number of nitrogens with one attached hydrogen (secondary N) is 1. The highest BCUT2D eigenvalue weighted by Gasteiger charge is 2.19. The lowest BCUT2D eigenvalue weighted by atomic mass is 9.94. The maximum absolute atomic E-state index is 9.07. The van der Waals surface area contributed by atoms with E-state index in [1.54, 1.807) is 0 Å². The lowest BCUT2D eigenvalue weighted by Crippen LogP contribution is -2.42. The van der Waals surface area contributed by atoms with E-state index in [4.69, 9.17) is 15.1 Å². The molecule has 4 heteroatoms. The first-order valence-electron chi connectivity index (χ1n) is 6.58. The standard InChI is InChI=1S/C15H22N2O2/c1-3-15(2,8-10-18)17-12-13-4-6-14(7-5-13)19-11-9-16/h4-7,17-18H,3,8,10-12H2,1-2H3. The molecule has 1 aromatic rings. The quantitative estimate of drug-likeness (QED) is 0.754. The van der Waals surface area contributed by atoms with Gasteiger partial charge in [0.25, 0.3) is 0 Å². The monoisotopic (exact) mass is 262 g/mol. The minimum absolute atomic E-state index is 0.0370. The molecule has 0 spiro atoms. The first-order valence-corrected chi connectivity index (χ1v) is 6.58. The number of ether oxygens (including phenoxy) is 1. The first-order chi connectivity index (χ1) is 9.13. The Morgan fingerprint density at radius 1 is 1.37 bits per heavy atom. The Labute approximate surface area is 115 Å². The minimum atomic E-state index is -0.0370. The second-order valence-corrected chi connectivity index (χ2v) is 4.83. The third-order valence-electron chi connectivity index (χ3n) is 3.39. The summed E-state index contributed by atoms with van der Waals surface area (Å²) >= 11 is 0. The molecule has 1 atom stereocenters. The predicted molar refractivity (Wildman–Crippen MR) is 74.8 cm³/mol. The normalized spacial score (nSPS) is 13.6. The second-order valence-electron chi connectivity index (χ2n) is 4.83. The van der Waals surface area contributed by atoms with Crippen LogP contribution in [0.3, 0.4) is 0 Å². The van der Waals surface area contributed by atoms with Crippen LogP contribution in [0.15, 0.2) is 24.3 Å². The van der Waals surface area contributed by atoms with E-state index in [1.165, 1.54) is 0 Å². The zero-order valence-electron chi connectivity index (χ0n) is 11.6. The summed E-state index contributed by atoms with van der Waals surface area (Å²) in [7, 11) is 0. The number of hydrogen-bond donors (Lipinski definition) is 2. The van der Waals surface area contributed by atoms with Crippen molar-refractivity contribution in [2.45, 2.75) is 38.8 Å². The van der Waals surface area contributed by atoms with E-state index in [2.05, 4.69) is 19.2 Å². The molecule has 0 aliphatic rings. The maximum Gasteiger partial charge on any atom is 0.174 e. The Hall–Kier alpha value is -1.57. The van der Waals surface area contributed by atoms with Gasteiger partial charge in [-0.05, 0) is 37.5 Å². The van der Waals surface area contributed by atoms with Crippen LogP contribution < -0.4 is 10.1 Å². The SMILES string of the molecule is CCC(C)(CCO)NCc1ccc(OCC#N)cc1. The van der Waals surface area contributed by atoms with Crippen LogP contribution in [0.1, 0.15) is 32.3 Å². The van der Waals surface area contributed by atoms with Crippen LogP contribution in [-0.4, -0.2) is 23.9 Å². The van der Waals surface area contributed by atoms with Crippen LogP contribution >= 0.6 is 0 Å². The van der Waals surface area contributed by atoms with E-state index in [1.807, 2.05) is 30.3 Å². The Balaban J connectivity index is 2.51. The smallest absolute Gasteiger partial charge is 0.174 e. The lowest BCUT2D eigenvalue weighted by molar-refractivity contribution is 0.214. The molecule has 1 aromatic carbocycles. The fourth-order valence-electron chi connectivity index (χ4n) is 1.77. The summed E-state index contributed by atoms with van der Waals surface area (Å²) in [6, 6.07) is 9.63. The van der Waals surface area contributed by atoms with E-state index >= 15 is 0 Å². The fourth-order valence-corrected chi connectivity index (χ4v) is 1.77. The molecule has 0 fully saturated rings. The van der Waals surface area contributed by atoms with Crippen LogP contribution in [0.2, 0.25) is 0 Å². The van der Waals surface area contributed by atoms with Gasteiger partial charge < -0.3 is 15.2 Å². The molecule has 2 N–H and O–H groups in total. The van der Waals surface area contributed by atoms with Crippen molar-refractivity contribution in [1.29, 1.82) is 5.26 Å². The van der Waals surface area contributed by atoms with E-state index in [9.17, 15) is 0 Å². The minimum Gasteiger partial charge on any atom is -0.479 e. The maximum atomic E-state index is 9.07. The molecule has 104 valence electrons. The van der Waals surface area contributed by atoms with E-state index in [0.717, 1.165) is 24.9 Å². The summed E-state index contributed by atoms with van der Waals surface area (Å²) in [5, 5.41) is 21.0. The topological polar surface area (TPSA) is 65.3 Å². The Kier molecular flexibility index (Phi) is 6.34. The number of aliphatic hydroxyl groups excluding tert-OH is 1. The van der Waals surface area contributed by atoms with Crippen molar-refractivity contribution in [1.82, 2.24) is 5.32 Å². The fraction of sp³-hybridized carbons (Fsp3) is 0.533. The van der Waals surface area contributed by atoms with Crippen LogP contribution in [0.5, 0.6) is 5.75 Å². The van der Waals surface area contributed by atoms with Gasteiger partial charge >= 0.3 is 0 Å². The van der Waals surface area contributed by atoms with Gasteiger partial charge in [-0.3, -0.25) is 0 Å². The third-order valence-corrected chi connectivity index (χ3v) is 3.39. The summed E-state index contributed by atoms with van der Waals surface area (Å²) in [5.74, 6) is 0.707. The largest absolute Gasteiger partial charge is 0.479 e. The molecular weight excluding hydrogens is 240 g/mol. The highest BCUT2D eigenvalue weighted by atomic mass is 16.5. The molecule has 0 amide bonds. The molecule has 0 radical (unpaired) electrons. The Bertz CT molecular complexity index is 411. The summed E-state index contributed by atoms with van der Waals surface area (Å²) in [4.78, 5) is 0. The van der Waals surface area contributed by atoms with Crippen molar-refractivity contribution in [3.8, 4) is 11.8 Å². The van der Waals surface area contributed by atoms with Crippen LogP contribution in [0.4, 0.5) is 0 Å². The highest BCUT2D eigenvalue weighted by molar-refractivity contribution is 5.27. The number of rotatable bonds is 8. The van der Waals surface area contributed by atoms with Gasteiger partial charge in [0.05, 0.1) is 0 Å². The van der Waals surface area contributed by atoms with E-state index in [0.29, 0.717) is 5.75 Å². The van der Waals surface area contributed by atoms with Gasteiger partial charge in [0.2, 0.25) is 0 Å². The summed E-state index contributed by atoms with van der Waals surface area (Å²) in [6.45, 7) is 5.25. The molecule has 0 aliphatic carbocycles. The molecule has 0 saturated heterocycles. The van der Waals surface area contributed by atoms with Gasteiger partial charge in [0.1, 0.15) is 11.8 Å². The number of nitrogens with zero attached hydrogens (tertiary/aromatic N) is 1. The summed E-state index contributed by atoms with van der Waals surface area (Å²) in [5.41, 5.74) is 1.12. The summed E-state index contributed by atoms with van der Waals surface area (Å²) < 4.78 is 5.20. The van der Waals surface area contributed by atoms with Crippen LogP contribution in [0, 0.1) is 11.3 Å². The zero-order chi connectivity index (χ0) is 14.1. The van der Waals surface area contributed by atoms with Crippen LogP contribution in [-0.2, 0) is 6.54 Å². The molecule has 0 bridgehead atoms. The first kappa shape index (κ1) is 15.5. The molecule has 0 saturated carbocycles. The van der Waals surface area contributed by atoms with Gasteiger partial charge in [-0.15, -0.1) is 0 Å². The van der Waals surface area contributed by atoms with Gasteiger partial charge in [0, 0.05) is 18.7 Å². The number of aliphatic hydroxyl groups is 1. The van der Waals surface area contributed by atoms with Gasteiger partial charge in [-0.25, -0.2) is 0 Å². The average Bonchev–Trinajstić information content (AvgIpc) is 2.44. The predicted octanol–water partition coefficient (Wildman–Crippen LogP) is 2.23. The second kappa shape index (κ2) is 7.78. The van der Waals surface area contributed by atoms with Crippen molar-refractivity contribution in [2.24, 2.45) is 0 Å². The molecular formula is C15H22N2O2. The Morgan fingerprint density at radius 3 is 2.58 bits per heavy atom. The number of hydrogen-bond acceptors (Lipinski definition) is 4. The van der Waals surface area contributed by atoms with Crippen molar-refractivity contribution in [3.05, 3.63) is 29.8 Å². The van der Waals surface area contributed by atoms with Crippen molar-refractivity contribution in [3.63, 3.8) is 0 Å². The summed E-state index contributed by atoms with van der Waals surface area (Å²) in [6.07, 6.45) is 1.71. The molecule has 0 aliphatic heterocycles. The van der Waals surface area contributed by atoms with Gasteiger partial charge in [-0.1, -0.05) is 19.1 Å². The van der Waals surface area contributed by atoms with E-state index < -0.39 is 0 Å². The van der Waals surface area contributed by atoms with Gasteiger partial charge in [-0.2, -0.15) is 5.26 Å². The van der Waals surface area contributed by atoms with Crippen molar-refractivity contribution >= 4 is 0 Å². The molecule has 1 rings (SSSR count). The Morgan fingerprint density at radius 2 is 2.05 bits per heavy atom. The molecule has 4 nitrogen and oxygen atoms in total. The van der Waals surface area contributed by atoms with E-state index in [-0.39, 0.29) is 18.8 Å². The third kappa shape index (κ3) is 5.29. The average molecular weight is 262 g/mol. The van der Waals surface area contributed by atoms with Crippen LogP contribution in [0.25, 0.3) is 0 Å². The number of nitriles is 1. The van der Waals surface area contributed by atoms with Gasteiger partial charge in [0.15, 0.2) is 6.61 Å².